The number of anilines is 1. The highest BCUT2D eigenvalue weighted by Gasteiger charge is 2.19. The van der Waals surface area contributed by atoms with E-state index in [2.05, 4.69) is 46.1 Å². The van der Waals surface area contributed by atoms with Gasteiger partial charge in [0.15, 0.2) is 0 Å². The van der Waals surface area contributed by atoms with E-state index in [4.69, 9.17) is 0 Å². The van der Waals surface area contributed by atoms with Gasteiger partial charge in [-0.05, 0) is 19.1 Å². The van der Waals surface area contributed by atoms with E-state index in [1.54, 1.807) is 6.33 Å². The van der Waals surface area contributed by atoms with Crippen LogP contribution in [0.15, 0.2) is 36.8 Å². The summed E-state index contributed by atoms with van der Waals surface area (Å²) in [7, 11) is 0. The molecule has 1 aromatic carbocycles. The van der Waals surface area contributed by atoms with Crippen molar-refractivity contribution in [3.05, 3.63) is 53.6 Å². The number of fused-ring (bicyclic) bond motifs is 1. The van der Waals surface area contributed by atoms with Gasteiger partial charge in [-0.25, -0.2) is 9.97 Å². The number of aryl methyl sites for hydroxylation is 1. The average Bonchev–Trinajstić information content (AvgIpc) is 2.73. The lowest BCUT2D eigenvalue weighted by Gasteiger charge is -2.17. The molecule has 0 atom stereocenters. The van der Waals surface area contributed by atoms with Crippen molar-refractivity contribution in [1.29, 1.82) is 0 Å². The first-order chi connectivity index (χ1) is 7.83. The molecule has 0 spiro atoms. The molecule has 80 valence electrons. The predicted octanol–water partition coefficient (Wildman–Crippen LogP) is 2.31. The lowest BCUT2D eigenvalue weighted by molar-refractivity contribution is 0.870. The topological polar surface area (TPSA) is 29.0 Å². The molecule has 1 aliphatic rings. The normalized spacial score (nSPS) is 13.9. The van der Waals surface area contributed by atoms with E-state index in [1.165, 1.54) is 16.8 Å². The van der Waals surface area contributed by atoms with Gasteiger partial charge in [0.25, 0.3) is 0 Å². The average molecular weight is 211 g/mol. The number of nitrogens with zero attached hydrogens (tertiary/aromatic N) is 3. The molecule has 0 radical (unpaired) electrons. The molecule has 0 amide bonds. The van der Waals surface area contributed by atoms with Crippen LogP contribution in [0.3, 0.4) is 0 Å². The zero-order chi connectivity index (χ0) is 11.0. The molecular weight excluding hydrogens is 198 g/mol. The van der Waals surface area contributed by atoms with Gasteiger partial charge < -0.3 is 4.90 Å². The van der Waals surface area contributed by atoms with Crippen LogP contribution in [-0.2, 0) is 13.1 Å². The van der Waals surface area contributed by atoms with Crippen LogP contribution < -0.4 is 4.90 Å². The Morgan fingerprint density at radius 3 is 2.69 bits per heavy atom. The van der Waals surface area contributed by atoms with Gasteiger partial charge in [-0.1, -0.05) is 17.7 Å². The minimum Gasteiger partial charge on any atom is -0.361 e. The number of aromatic nitrogens is 2. The van der Waals surface area contributed by atoms with Crippen LogP contribution >= 0.6 is 0 Å². The molecule has 2 aromatic rings. The first kappa shape index (κ1) is 9.33. The fourth-order valence-corrected chi connectivity index (χ4v) is 2.04. The molecule has 1 aliphatic heterocycles. The maximum atomic E-state index is 4.30. The maximum absolute atomic E-state index is 4.30. The summed E-state index contributed by atoms with van der Waals surface area (Å²) in [4.78, 5) is 10.7. The Bertz CT molecular complexity index is 480. The molecule has 0 saturated heterocycles. The number of benzene rings is 1. The van der Waals surface area contributed by atoms with E-state index < -0.39 is 0 Å². The van der Waals surface area contributed by atoms with Crippen molar-refractivity contribution < 1.29 is 0 Å². The Kier molecular flexibility index (Phi) is 2.10. The van der Waals surface area contributed by atoms with Crippen molar-refractivity contribution in [2.24, 2.45) is 0 Å². The summed E-state index contributed by atoms with van der Waals surface area (Å²) < 4.78 is 0. The van der Waals surface area contributed by atoms with Gasteiger partial charge in [-0.3, -0.25) is 0 Å². The summed E-state index contributed by atoms with van der Waals surface area (Å²) in [5.41, 5.74) is 4.93. The van der Waals surface area contributed by atoms with Gasteiger partial charge in [0, 0.05) is 24.0 Å². The molecule has 3 nitrogen and oxygen atoms in total. The van der Waals surface area contributed by atoms with Crippen LogP contribution in [0.25, 0.3) is 0 Å². The first-order valence-electron chi connectivity index (χ1n) is 5.42. The third-order valence-corrected chi connectivity index (χ3v) is 2.98. The highest BCUT2D eigenvalue weighted by molar-refractivity contribution is 5.51. The maximum Gasteiger partial charge on any atom is 0.115 e. The zero-order valence-electron chi connectivity index (χ0n) is 9.22. The lowest BCUT2D eigenvalue weighted by Crippen LogP contribution is -2.14. The SMILES string of the molecule is Cc1ccc(N2Cc3cncnc3C2)cc1. The standard InChI is InChI=1S/C13H13N3/c1-10-2-4-12(5-3-10)16-7-11-6-14-9-15-13(11)8-16/h2-6,9H,7-8H2,1H3. The largest absolute Gasteiger partial charge is 0.361 e. The van der Waals surface area contributed by atoms with E-state index in [-0.39, 0.29) is 0 Å². The Morgan fingerprint density at radius 1 is 1.12 bits per heavy atom. The molecule has 0 N–H and O–H groups in total. The van der Waals surface area contributed by atoms with Gasteiger partial charge >= 0.3 is 0 Å². The predicted molar refractivity (Wildman–Crippen MR) is 63.1 cm³/mol. The molecule has 0 aliphatic carbocycles. The summed E-state index contributed by atoms with van der Waals surface area (Å²) in [5.74, 6) is 0. The van der Waals surface area contributed by atoms with Crippen molar-refractivity contribution in [2.45, 2.75) is 20.0 Å². The molecular formula is C13H13N3. The fraction of sp³-hybridized carbons (Fsp3) is 0.231. The van der Waals surface area contributed by atoms with Gasteiger partial charge in [-0.15, -0.1) is 0 Å². The Balaban J connectivity index is 1.88. The number of hydrogen-bond donors (Lipinski definition) is 0. The van der Waals surface area contributed by atoms with Crippen LogP contribution in [-0.4, -0.2) is 9.97 Å². The van der Waals surface area contributed by atoms with Gasteiger partial charge in [0.1, 0.15) is 6.33 Å². The summed E-state index contributed by atoms with van der Waals surface area (Å²) in [6, 6.07) is 8.61. The Morgan fingerprint density at radius 2 is 1.94 bits per heavy atom. The fourth-order valence-electron chi connectivity index (χ4n) is 2.04. The third kappa shape index (κ3) is 1.54. The van der Waals surface area contributed by atoms with E-state index in [0.29, 0.717) is 0 Å². The molecule has 3 heteroatoms. The van der Waals surface area contributed by atoms with Crippen molar-refractivity contribution >= 4 is 5.69 Å². The molecule has 0 saturated carbocycles. The van der Waals surface area contributed by atoms with Crippen molar-refractivity contribution in [3.8, 4) is 0 Å². The first-order valence-corrected chi connectivity index (χ1v) is 5.42. The van der Waals surface area contributed by atoms with E-state index in [1.807, 2.05) is 6.20 Å². The highest BCUT2D eigenvalue weighted by Crippen LogP contribution is 2.26. The summed E-state index contributed by atoms with van der Waals surface area (Å²) in [6.45, 7) is 3.91. The minimum absolute atomic E-state index is 0.890. The summed E-state index contributed by atoms with van der Waals surface area (Å²) in [5, 5.41) is 0. The molecule has 3 rings (SSSR count). The molecule has 2 heterocycles. The monoisotopic (exact) mass is 211 g/mol. The third-order valence-electron chi connectivity index (χ3n) is 2.98. The quantitative estimate of drug-likeness (QED) is 0.724. The van der Waals surface area contributed by atoms with Crippen LogP contribution in [0.1, 0.15) is 16.8 Å². The second-order valence-corrected chi connectivity index (χ2v) is 4.19. The van der Waals surface area contributed by atoms with Crippen LogP contribution in [0.2, 0.25) is 0 Å². The van der Waals surface area contributed by atoms with Gasteiger partial charge in [0.2, 0.25) is 0 Å². The minimum atomic E-state index is 0.890. The summed E-state index contributed by atoms with van der Waals surface area (Å²) in [6.07, 6.45) is 3.54. The van der Waals surface area contributed by atoms with Crippen molar-refractivity contribution in [3.63, 3.8) is 0 Å². The Labute approximate surface area is 94.8 Å². The smallest absolute Gasteiger partial charge is 0.115 e. The van der Waals surface area contributed by atoms with E-state index in [0.717, 1.165) is 18.8 Å². The molecule has 0 fully saturated rings. The number of rotatable bonds is 1. The van der Waals surface area contributed by atoms with Gasteiger partial charge in [-0.2, -0.15) is 0 Å². The number of hydrogen-bond acceptors (Lipinski definition) is 3. The lowest BCUT2D eigenvalue weighted by atomic mass is 10.2. The van der Waals surface area contributed by atoms with Gasteiger partial charge in [0.05, 0.1) is 12.2 Å². The molecule has 0 bridgehead atoms. The molecule has 0 unspecified atom stereocenters. The zero-order valence-corrected chi connectivity index (χ0v) is 9.22. The van der Waals surface area contributed by atoms with Crippen molar-refractivity contribution in [2.75, 3.05) is 4.90 Å². The second-order valence-electron chi connectivity index (χ2n) is 4.19. The van der Waals surface area contributed by atoms with Crippen LogP contribution in [0.4, 0.5) is 5.69 Å². The van der Waals surface area contributed by atoms with E-state index >= 15 is 0 Å². The Hall–Kier alpha value is -1.90. The molecule has 1 aromatic heterocycles. The van der Waals surface area contributed by atoms with E-state index in [9.17, 15) is 0 Å². The van der Waals surface area contributed by atoms with Crippen LogP contribution in [0.5, 0.6) is 0 Å². The van der Waals surface area contributed by atoms with Crippen LogP contribution in [0, 0.1) is 6.92 Å². The second kappa shape index (κ2) is 3.59. The highest BCUT2D eigenvalue weighted by atomic mass is 15.2. The molecule has 16 heavy (non-hydrogen) atoms. The summed E-state index contributed by atoms with van der Waals surface area (Å²) >= 11 is 0. The van der Waals surface area contributed by atoms with Crippen molar-refractivity contribution in [1.82, 2.24) is 9.97 Å².